The third-order valence-electron chi connectivity index (χ3n) is 6.76. The number of nitrogens with one attached hydrogen (secondary N) is 2. The van der Waals surface area contributed by atoms with Gasteiger partial charge in [0.15, 0.2) is 5.78 Å². The molecule has 3 fully saturated rings. The standard InChI is InChI=1S/C21H29N3O4/c1-12-2-4-15(24-11-14-7-16(24)10-22-14)8-18(12)19(26)9-17(25)6-13-3-5-20(27)23-21(13)28/h4,9,12-14,16,18,22,26H,2-3,5-8,10-11H2,1H3,(H,23,27,28). The minimum atomic E-state index is -0.485. The third-order valence-corrected chi connectivity index (χ3v) is 6.76. The van der Waals surface area contributed by atoms with E-state index in [4.69, 9.17) is 0 Å². The molecular formula is C21H29N3O4. The van der Waals surface area contributed by atoms with Crippen LogP contribution in [-0.2, 0) is 14.4 Å². The van der Waals surface area contributed by atoms with E-state index in [0.717, 1.165) is 25.9 Å². The Morgan fingerprint density at radius 3 is 2.89 bits per heavy atom. The quantitative estimate of drug-likeness (QED) is 0.375. The predicted molar refractivity (Wildman–Crippen MR) is 103 cm³/mol. The number of carbonyl (C=O) groups is 3. The lowest BCUT2D eigenvalue weighted by Gasteiger charge is -2.37. The summed E-state index contributed by atoms with van der Waals surface area (Å²) in [6.07, 6.45) is 7.12. The molecule has 3 aliphatic heterocycles. The van der Waals surface area contributed by atoms with Crippen molar-refractivity contribution in [2.45, 2.75) is 57.5 Å². The number of hydrogen-bond acceptors (Lipinski definition) is 6. The topological polar surface area (TPSA) is 98.7 Å². The first-order valence-electron chi connectivity index (χ1n) is 10.4. The van der Waals surface area contributed by atoms with E-state index in [2.05, 4.69) is 28.5 Å². The van der Waals surface area contributed by atoms with Gasteiger partial charge in [-0.25, -0.2) is 0 Å². The van der Waals surface area contributed by atoms with E-state index in [1.165, 1.54) is 18.2 Å². The number of fused-ring (bicyclic) bond motifs is 2. The zero-order chi connectivity index (χ0) is 19.8. The monoisotopic (exact) mass is 387 g/mol. The molecule has 5 atom stereocenters. The average molecular weight is 387 g/mol. The fourth-order valence-electron chi connectivity index (χ4n) is 5.05. The van der Waals surface area contributed by atoms with Crippen LogP contribution in [0.4, 0.5) is 0 Å². The minimum absolute atomic E-state index is 0.0362. The second kappa shape index (κ2) is 7.70. The molecule has 0 spiro atoms. The van der Waals surface area contributed by atoms with Crippen LogP contribution in [0.1, 0.15) is 45.4 Å². The molecule has 2 bridgehead atoms. The molecule has 4 aliphatic rings. The van der Waals surface area contributed by atoms with Crippen molar-refractivity contribution in [2.24, 2.45) is 17.8 Å². The SMILES string of the molecule is CC1CC=C(N2CC3CC2CN3)CC1C(O)=CC(=O)CC1CCC(=O)NC1=O. The Bertz CT molecular complexity index is 744. The fraction of sp³-hybridized carbons (Fsp3) is 0.667. The van der Waals surface area contributed by atoms with E-state index in [1.807, 2.05) is 0 Å². The van der Waals surface area contributed by atoms with Crippen molar-refractivity contribution in [3.63, 3.8) is 0 Å². The number of likely N-dealkylation sites (tertiary alicyclic amines) is 1. The molecule has 0 saturated carbocycles. The number of amides is 2. The highest BCUT2D eigenvalue weighted by molar-refractivity contribution is 6.01. The van der Waals surface area contributed by atoms with E-state index in [0.29, 0.717) is 18.5 Å². The van der Waals surface area contributed by atoms with Gasteiger partial charge in [0.05, 0.1) is 5.76 Å². The molecule has 0 aromatic heterocycles. The molecule has 3 heterocycles. The molecule has 0 aromatic carbocycles. The second-order valence-corrected chi connectivity index (χ2v) is 8.75. The summed E-state index contributed by atoms with van der Waals surface area (Å²) in [5.74, 6) is -1.09. The number of carbonyl (C=O) groups excluding carboxylic acids is 3. The van der Waals surface area contributed by atoms with Gasteiger partial charge in [0, 0.05) is 61.6 Å². The van der Waals surface area contributed by atoms with Crippen molar-refractivity contribution in [1.29, 1.82) is 0 Å². The first kappa shape index (κ1) is 19.2. The number of nitrogens with zero attached hydrogens (tertiary/aromatic N) is 1. The van der Waals surface area contributed by atoms with E-state index in [1.54, 1.807) is 0 Å². The number of allylic oxidation sites excluding steroid dienone is 4. The molecule has 3 N–H and O–H groups in total. The maximum absolute atomic E-state index is 12.4. The Balaban J connectivity index is 1.38. The van der Waals surface area contributed by atoms with Gasteiger partial charge in [-0.2, -0.15) is 0 Å². The number of aliphatic hydroxyl groups excluding tert-OH is 1. The van der Waals surface area contributed by atoms with Gasteiger partial charge in [0.1, 0.15) is 0 Å². The Hall–Kier alpha value is -2.15. The van der Waals surface area contributed by atoms with Gasteiger partial charge in [-0.15, -0.1) is 0 Å². The minimum Gasteiger partial charge on any atom is -0.512 e. The van der Waals surface area contributed by atoms with Gasteiger partial charge in [0.2, 0.25) is 11.8 Å². The highest BCUT2D eigenvalue weighted by atomic mass is 16.3. The molecule has 2 amide bonds. The van der Waals surface area contributed by atoms with Crippen molar-refractivity contribution in [2.75, 3.05) is 13.1 Å². The van der Waals surface area contributed by atoms with Crippen LogP contribution in [-0.4, -0.2) is 52.8 Å². The highest BCUT2D eigenvalue weighted by Crippen LogP contribution is 2.38. The smallest absolute Gasteiger partial charge is 0.230 e. The number of hydrogen-bond donors (Lipinski definition) is 3. The maximum Gasteiger partial charge on any atom is 0.230 e. The zero-order valence-corrected chi connectivity index (χ0v) is 16.3. The van der Waals surface area contributed by atoms with Crippen LogP contribution in [0.3, 0.4) is 0 Å². The Kier molecular flexibility index (Phi) is 5.27. The van der Waals surface area contributed by atoms with E-state index >= 15 is 0 Å². The van der Waals surface area contributed by atoms with Crippen LogP contribution in [0.25, 0.3) is 0 Å². The van der Waals surface area contributed by atoms with Gasteiger partial charge < -0.3 is 15.3 Å². The maximum atomic E-state index is 12.4. The van der Waals surface area contributed by atoms with Crippen molar-refractivity contribution in [1.82, 2.24) is 15.5 Å². The van der Waals surface area contributed by atoms with E-state index in [-0.39, 0.29) is 48.0 Å². The molecule has 4 rings (SSSR count). The van der Waals surface area contributed by atoms with E-state index in [9.17, 15) is 19.5 Å². The largest absolute Gasteiger partial charge is 0.512 e. The number of piperazine rings is 1. The summed E-state index contributed by atoms with van der Waals surface area (Å²) < 4.78 is 0. The summed E-state index contributed by atoms with van der Waals surface area (Å²) in [6, 6.07) is 1.12. The highest BCUT2D eigenvalue weighted by Gasteiger charge is 2.40. The summed E-state index contributed by atoms with van der Waals surface area (Å²) in [4.78, 5) is 38.0. The average Bonchev–Trinajstić information content (AvgIpc) is 3.28. The summed E-state index contributed by atoms with van der Waals surface area (Å²) in [5.41, 5.74) is 1.29. The van der Waals surface area contributed by atoms with Gasteiger partial charge in [-0.3, -0.25) is 19.7 Å². The molecule has 1 aliphatic carbocycles. The number of rotatable bonds is 5. The number of ketones is 1. The van der Waals surface area contributed by atoms with Crippen LogP contribution in [0.5, 0.6) is 0 Å². The molecule has 0 aromatic rings. The van der Waals surface area contributed by atoms with Crippen LogP contribution in [0.15, 0.2) is 23.6 Å². The summed E-state index contributed by atoms with van der Waals surface area (Å²) in [6.45, 7) is 4.15. The Morgan fingerprint density at radius 1 is 1.39 bits per heavy atom. The van der Waals surface area contributed by atoms with Crippen molar-refractivity contribution >= 4 is 17.6 Å². The van der Waals surface area contributed by atoms with Gasteiger partial charge >= 0.3 is 0 Å². The molecule has 28 heavy (non-hydrogen) atoms. The van der Waals surface area contributed by atoms with Gasteiger partial charge in [-0.05, 0) is 31.6 Å². The fourth-order valence-corrected chi connectivity index (χ4v) is 5.05. The molecule has 152 valence electrons. The molecule has 3 saturated heterocycles. The van der Waals surface area contributed by atoms with Crippen molar-refractivity contribution in [3.8, 4) is 0 Å². The first-order valence-corrected chi connectivity index (χ1v) is 10.4. The number of piperidine rings is 1. The van der Waals surface area contributed by atoms with Crippen LogP contribution < -0.4 is 10.6 Å². The van der Waals surface area contributed by atoms with Crippen molar-refractivity contribution in [3.05, 3.63) is 23.6 Å². The van der Waals surface area contributed by atoms with Gasteiger partial charge in [0.25, 0.3) is 0 Å². The van der Waals surface area contributed by atoms with Crippen molar-refractivity contribution < 1.29 is 19.5 Å². The van der Waals surface area contributed by atoms with Crippen LogP contribution >= 0.6 is 0 Å². The van der Waals surface area contributed by atoms with E-state index < -0.39 is 5.92 Å². The number of imide groups is 1. The lowest BCUT2D eigenvalue weighted by molar-refractivity contribution is -0.138. The summed E-state index contributed by atoms with van der Waals surface area (Å²) in [5, 5.41) is 16.5. The first-order chi connectivity index (χ1) is 13.4. The van der Waals surface area contributed by atoms with Gasteiger partial charge in [-0.1, -0.05) is 13.0 Å². The third kappa shape index (κ3) is 3.85. The normalized spacial score (nSPS) is 35.8. The molecule has 7 nitrogen and oxygen atoms in total. The molecular weight excluding hydrogens is 358 g/mol. The van der Waals surface area contributed by atoms with Crippen LogP contribution in [0, 0.1) is 17.8 Å². The Morgan fingerprint density at radius 2 is 2.21 bits per heavy atom. The number of aliphatic hydroxyl groups is 1. The lowest BCUT2D eigenvalue weighted by Crippen LogP contribution is -2.44. The Labute approximate surface area is 165 Å². The summed E-state index contributed by atoms with van der Waals surface area (Å²) in [7, 11) is 0. The molecule has 7 heteroatoms. The zero-order valence-electron chi connectivity index (χ0n) is 16.3. The summed E-state index contributed by atoms with van der Waals surface area (Å²) >= 11 is 0. The molecule has 5 unspecified atom stereocenters. The second-order valence-electron chi connectivity index (χ2n) is 8.75. The lowest BCUT2D eigenvalue weighted by atomic mass is 9.80. The predicted octanol–water partition coefficient (Wildman–Crippen LogP) is 1.42. The van der Waals surface area contributed by atoms with Crippen LogP contribution in [0.2, 0.25) is 0 Å². The molecule has 0 radical (unpaired) electrons.